The first kappa shape index (κ1) is 9.54. The molecule has 2 heteroatoms. The zero-order valence-electron chi connectivity index (χ0n) is 9.71. The van der Waals surface area contributed by atoms with Crippen LogP contribution in [0.3, 0.4) is 0 Å². The highest BCUT2D eigenvalue weighted by atomic mass is 16.3. The maximum absolute atomic E-state index is 5.88. The second-order valence-corrected chi connectivity index (χ2v) is 4.37. The Labute approximate surface area is 104 Å². The number of benzene rings is 2. The number of furan rings is 1. The van der Waals surface area contributed by atoms with E-state index in [4.69, 9.17) is 4.42 Å². The summed E-state index contributed by atoms with van der Waals surface area (Å²) in [6.45, 7) is 0. The van der Waals surface area contributed by atoms with E-state index in [1.54, 1.807) is 0 Å². The smallest absolute Gasteiger partial charge is 0.137 e. The van der Waals surface area contributed by atoms with Gasteiger partial charge in [-0.2, -0.15) is 0 Å². The Balaban J connectivity index is 2.04. The minimum absolute atomic E-state index is 0.933. The van der Waals surface area contributed by atoms with Crippen molar-refractivity contribution in [1.29, 1.82) is 0 Å². The minimum Gasteiger partial charge on any atom is -0.456 e. The van der Waals surface area contributed by atoms with Gasteiger partial charge in [-0.3, -0.25) is 0 Å². The van der Waals surface area contributed by atoms with E-state index in [9.17, 15) is 0 Å². The maximum atomic E-state index is 5.88. The Morgan fingerprint density at radius 2 is 1.50 bits per heavy atom. The van der Waals surface area contributed by atoms with E-state index in [0.29, 0.717) is 0 Å². The standard InChI is InChI=1S/C16H11NO/c1-2-6-15-13(5-1)14-8-7-12(11-16(14)18-15)17-9-3-4-10-17/h1-11H. The minimum atomic E-state index is 0.933. The molecule has 2 heterocycles. The van der Waals surface area contributed by atoms with Crippen molar-refractivity contribution in [1.82, 2.24) is 4.57 Å². The summed E-state index contributed by atoms with van der Waals surface area (Å²) in [5.74, 6) is 0. The number of hydrogen-bond acceptors (Lipinski definition) is 1. The quantitative estimate of drug-likeness (QED) is 0.477. The van der Waals surface area contributed by atoms with Crippen LogP contribution in [0.5, 0.6) is 0 Å². The van der Waals surface area contributed by atoms with Crippen LogP contribution in [0.4, 0.5) is 0 Å². The van der Waals surface area contributed by atoms with Crippen LogP contribution in [0.1, 0.15) is 0 Å². The fourth-order valence-electron chi connectivity index (χ4n) is 2.38. The molecule has 2 aromatic carbocycles. The molecule has 86 valence electrons. The molecule has 0 aliphatic rings. The van der Waals surface area contributed by atoms with Crippen LogP contribution < -0.4 is 0 Å². The highest BCUT2D eigenvalue weighted by Crippen LogP contribution is 2.29. The summed E-state index contributed by atoms with van der Waals surface area (Å²) in [5.41, 5.74) is 2.99. The van der Waals surface area contributed by atoms with Gasteiger partial charge in [0, 0.05) is 34.9 Å². The molecule has 0 atom stereocenters. The topological polar surface area (TPSA) is 18.1 Å². The Bertz CT molecular complexity index is 825. The molecule has 18 heavy (non-hydrogen) atoms. The summed E-state index contributed by atoms with van der Waals surface area (Å²) in [4.78, 5) is 0. The molecule has 0 fully saturated rings. The predicted molar refractivity (Wildman–Crippen MR) is 73.0 cm³/mol. The van der Waals surface area contributed by atoms with Gasteiger partial charge >= 0.3 is 0 Å². The lowest BCUT2D eigenvalue weighted by Crippen LogP contribution is -1.87. The highest BCUT2D eigenvalue weighted by Gasteiger charge is 2.06. The SMILES string of the molecule is c1ccc2c(c1)oc1cc(-n3cccc3)ccc12. The Kier molecular flexibility index (Phi) is 1.86. The summed E-state index contributed by atoms with van der Waals surface area (Å²) < 4.78 is 7.95. The van der Waals surface area contributed by atoms with Crippen molar-refractivity contribution >= 4 is 21.9 Å². The van der Waals surface area contributed by atoms with Crippen molar-refractivity contribution in [2.45, 2.75) is 0 Å². The van der Waals surface area contributed by atoms with Gasteiger partial charge in [0.15, 0.2) is 0 Å². The van der Waals surface area contributed by atoms with Gasteiger partial charge in [-0.15, -0.1) is 0 Å². The Morgan fingerprint density at radius 1 is 0.722 bits per heavy atom. The van der Waals surface area contributed by atoms with Gasteiger partial charge < -0.3 is 8.98 Å². The van der Waals surface area contributed by atoms with E-state index in [0.717, 1.165) is 16.9 Å². The van der Waals surface area contributed by atoms with Gasteiger partial charge in [-0.1, -0.05) is 18.2 Å². The summed E-state index contributed by atoms with van der Waals surface area (Å²) in [5, 5.41) is 2.34. The molecular formula is C16H11NO. The molecule has 0 N–H and O–H groups in total. The third kappa shape index (κ3) is 1.29. The molecule has 0 unspecified atom stereocenters. The zero-order valence-corrected chi connectivity index (χ0v) is 9.71. The molecule has 0 amide bonds. The van der Waals surface area contributed by atoms with Crippen LogP contribution >= 0.6 is 0 Å². The number of nitrogens with zero attached hydrogens (tertiary/aromatic N) is 1. The molecule has 2 aromatic heterocycles. The molecule has 0 bridgehead atoms. The van der Waals surface area contributed by atoms with E-state index >= 15 is 0 Å². The van der Waals surface area contributed by atoms with E-state index in [1.807, 2.05) is 42.7 Å². The molecular weight excluding hydrogens is 222 g/mol. The van der Waals surface area contributed by atoms with Gasteiger partial charge in [0.05, 0.1) is 0 Å². The van der Waals surface area contributed by atoms with Crippen molar-refractivity contribution < 1.29 is 4.42 Å². The van der Waals surface area contributed by atoms with Crippen molar-refractivity contribution in [2.75, 3.05) is 0 Å². The first-order valence-corrected chi connectivity index (χ1v) is 5.96. The highest BCUT2D eigenvalue weighted by molar-refractivity contribution is 6.05. The fraction of sp³-hybridized carbons (Fsp3) is 0. The average molecular weight is 233 g/mol. The zero-order chi connectivity index (χ0) is 11.9. The molecule has 0 saturated carbocycles. The van der Waals surface area contributed by atoms with Crippen molar-refractivity contribution in [3.8, 4) is 5.69 Å². The molecule has 0 aliphatic heterocycles. The number of para-hydroxylation sites is 1. The number of fused-ring (bicyclic) bond motifs is 3. The number of rotatable bonds is 1. The van der Waals surface area contributed by atoms with Gasteiger partial charge in [0.1, 0.15) is 11.2 Å². The Hall–Kier alpha value is -2.48. The maximum Gasteiger partial charge on any atom is 0.137 e. The van der Waals surface area contributed by atoms with E-state index in [1.165, 1.54) is 10.8 Å². The molecule has 0 radical (unpaired) electrons. The lowest BCUT2D eigenvalue weighted by atomic mass is 10.1. The normalized spacial score (nSPS) is 11.3. The monoisotopic (exact) mass is 233 g/mol. The van der Waals surface area contributed by atoms with Crippen molar-refractivity contribution in [2.24, 2.45) is 0 Å². The molecule has 2 nitrogen and oxygen atoms in total. The van der Waals surface area contributed by atoms with Crippen LogP contribution in [-0.4, -0.2) is 4.57 Å². The third-order valence-electron chi connectivity index (χ3n) is 3.26. The number of aromatic nitrogens is 1. The van der Waals surface area contributed by atoms with E-state index < -0.39 is 0 Å². The first-order valence-electron chi connectivity index (χ1n) is 5.96. The molecule has 0 aliphatic carbocycles. The Morgan fingerprint density at radius 3 is 2.39 bits per heavy atom. The van der Waals surface area contributed by atoms with E-state index in [2.05, 4.69) is 28.8 Å². The average Bonchev–Trinajstić information content (AvgIpc) is 3.05. The van der Waals surface area contributed by atoms with Crippen LogP contribution in [0, 0.1) is 0 Å². The number of hydrogen-bond donors (Lipinski definition) is 0. The molecule has 0 spiro atoms. The second kappa shape index (κ2) is 3.50. The van der Waals surface area contributed by atoms with Gasteiger partial charge in [-0.25, -0.2) is 0 Å². The summed E-state index contributed by atoms with van der Waals surface area (Å²) in [6, 6.07) is 18.5. The van der Waals surface area contributed by atoms with E-state index in [-0.39, 0.29) is 0 Å². The van der Waals surface area contributed by atoms with Crippen molar-refractivity contribution in [3.05, 3.63) is 67.0 Å². The van der Waals surface area contributed by atoms with Gasteiger partial charge in [0.25, 0.3) is 0 Å². The van der Waals surface area contributed by atoms with Crippen LogP contribution in [-0.2, 0) is 0 Å². The molecule has 4 rings (SSSR count). The fourth-order valence-corrected chi connectivity index (χ4v) is 2.38. The lowest BCUT2D eigenvalue weighted by molar-refractivity contribution is 0.668. The largest absolute Gasteiger partial charge is 0.456 e. The lowest BCUT2D eigenvalue weighted by Gasteiger charge is -2.01. The van der Waals surface area contributed by atoms with Crippen molar-refractivity contribution in [3.63, 3.8) is 0 Å². The van der Waals surface area contributed by atoms with Gasteiger partial charge in [-0.05, 0) is 30.3 Å². The second-order valence-electron chi connectivity index (χ2n) is 4.37. The molecule has 0 saturated heterocycles. The summed E-state index contributed by atoms with van der Waals surface area (Å²) >= 11 is 0. The molecule has 4 aromatic rings. The van der Waals surface area contributed by atoms with Crippen LogP contribution in [0.15, 0.2) is 71.4 Å². The first-order chi connectivity index (χ1) is 8.92. The summed E-state index contributed by atoms with van der Waals surface area (Å²) in [7, 11) is 0. The van der Waals surface area contributed by atoms with Crippen LogP contribution in [0.25, 0.3) is 27.6 Å². The van der Waals surface area contributed by atoms with Crippen LogP contribution in [0.2, 0.25) is 0 Å². The summed E-state index contributed by atoms with van der Waals surface area (Å²) in [6.07, 6.45) is 4.06. The predicted octanol–water partition coefficient (Wildman–Crippen LogP) is 4.38. The third-order valence-corrected chi connectivity index (χ3v) is 3.26. The van der Waals surface area contributed by atoms with Gasteiger partial charge in [0.2, 0.25) is 0 Å².